The van der Waals surface area contributed by atoms with Gasteiger partial charge in [0, 0.05) is 30.8 Å². The SMILES string of the molecule is C#CCN(C(=O)NCc1ccc(F)cc1)N1CC(=O)N2[C@@H](Cc3ccc(NC(=O)c4ccccc4)cc3)C(=O)N(Cc3cccc4sc(N)nc34)C[C@@H]21. The molecule has 14 heteroatoms. The molecule has 0 saturated carbocycles. The van der Waals surface area contributed by atoms with E-state index < -0.39 is 24.1 Å². The summed E-state index contributed by atoms with van der Waals surface area (Å²) in [6, 6.07) is 26.0. The van der Waals surface area contributed by atoms with Crippen molar-refractivity contribution in [3.8, 4) is 12.3 Å². The Morgan fingerprint density at radius 3 is 2.45 bits per heavy atom. The van der Waals surface area contributed by atoms with Gasteiger partial charge >= 0.3 is 6.03 Å². The standard InChI is InChI=1S/C39H35FN8O4S/c1-2-19-46(39(52)42-21-26-11-15-29(40)16-12-26)47-24-34(49)48-31(20-25-13-17-30(18-14-25)43-36(50)27-7-4-3-5-8-27)37(51)45(23-33(47)48)22-28-9-6-10-32-35(28)44-38(41)53-32/h1,3-18,31,33H,19-24H2,(H2,41,44)(H,42,52)(H,43,50)/t31-,33+/m0/s1. The monoisotopic (exact) mass is 730 g/mol. The third-order valence-electron chi connectivity index (χ3n) is 9.27. The van der Waals surface area contributed by atoms with Crippen LogP contribution < -0.4 is 16.4 Å². The number of anilines is 2. The maximum Gasteiger partial charge on any atom is 0.333 e. The van der Waals surface area contributed by atoms with Gasteiger partial charge in [-0.25, -0.2) is 19.2 Å². The number of hydrazine groups is 1. The van der Waals surface area contributed by atoms with Crippen LogP contribution in [0.4, 0.5) is 20.0 Å². The quantitative estimate of drug-likeness (QED) is 0.180. The molecule has 2 aliphatic heterocycles. The van der Waals surface area contributed by atoms with E-state index in [4.69, 9.17) is 12.2 Å². The lowest BCUT2D eigenvalue weighted by atomic mass is 9.99. The molecule has 0 aliphatic carbocycles. The van der Waals surface area contributed by atoms with E-state index in [1.165, 1.54) is 28.5 Å². The van der Waals surface area contributed by atoms with E-state index >= 15 is 0 Å². The second-order valence-electron chi connectivity index (χ2n) is 12.7. The van der Waals surface area contributed by atoms with E-state index in [2.05, 4.69) is 21.5 Å². The highest BCUT2D eigenvalue weighted by atomic mass is 32.1. The van der Waals surface area contributed by atoms with Gasteiger partial charge in [0.15, 0.2) is 5.13 Å². The second-order valence-corrected chi connectivity index (χ2v) is 13.8. The van der Waals surface area contributed by atoms with Crippen LogP contribution in [0.2, 0.25) is 0 Å². The number of carbonyl (C=O) groups excluding carboxylic acids is 4. The largest absolute Gasteiger partial charge is 0.375 e. The van der Waals surface area contributed by atoms with Crippen molar-refractivity contribution in [3.63, 3.8) is 0 Å². The molecule has 7 rings (SSSR count). The Bertz CT molecular complexity index is 2210. The number of nitrogens with one attached hydrogen (secondary N) is 2. The molecule has 12 nitrogen and oxygen atoms in total. The van der Waals surface area contributed by atoms with Gasteiger partial charge in [-0.2, -0.15) is 5.01 Å². The number of aromatic nitrogens is 1. The molecular formula is C39H35FN8O4S. The number of thiazole rings is 1. The van der Waals surface area contributed by atoms with Crippen LogP contribution in [-0.2, 0) is 29.1 Å². The summed E-state index contributed by atoms with van der Waals surface area (Å²) in [5.74, 6) is 1.28. The summed E-state index contributed by atoms with van der Waals surface area (Å²) in [5.41, 5.74) is 10.1. The number of nitrogen functional groups attached to an aromatic ring is 1. The van der Waals surface area contributed by atoms with Gasteiger partial charge in [0.1, 0.15) is 18.0 Å². The fourth-order valence-electron chi connectivity index (χ4n) is 6.72. The summed E-state index contributed by atoms with van der Waals surface area (Å²) < 4.78 is 14.4. The van der Waals surface area contributed by atoms with Crippen molar-refractivity contribution in [2.75, 3.05) is 30.7 Å². The van der Waals surface area contributed by atoms with Crippen molar-refractivity contribution in [2.45, 2.75) is 31.7 Å². The predicted octanol–water partition coefficient (Wildman–Crippen LogP) is 4.45. The summed E-state index contributed by atoms with van der Waals surface area (Å²) in [6.07, 6.45) is 5.18. The lowest BCUT2D eigenvalue weighted by molar-refractivity contribution is -0.157. The minimum atomic E-state index is -0.911. The van der Waals surface area contributed by atoms with Crippen LogP contribution >= 0.6 is 11.3 Å². The zero-order valence-corrected chi connectivity index (χ0v) is 29.3. The number of amides is 5. The lowest BCUT2D eigenvalue weighted by Gasteiger charge is -2.46. The zero-order chi connectivity index (χ0) is 37.1. The van der Waals surface area contributed by atoms with Crippen LogP contribution in [0.5, 0.6) is 0 Å². The highest BCUT2D eigenvalue weighted by Gasteiger charge is 2.52. The third-order valence-corrected chi connectivity index (χ3v) is 10.1. The molecule has 1 aromatic heterocycles. The number of para-hydroxylation sites is 1. The number of piperazine rings is 1. The van der Waals surface area contributed by atoms with Gasteiger partial charge in [-0.3, -0.25) is 14.4 Å². The molecule has 2 atom stereocenters. The maximum absolute atomic E-state index is 14.4. The summed E-state index contributed by atoms with van der Waals surface area (Å²) in [7, 11) is 0. The van der Waals surface area contributed by atoms with Crippen LogP contribution in [0, 0.1) is 18.2 Å². The minimum absolute atomic E-state index is 0.0911. The van der Waals surface area contributed by atoms with Crippen LogP contribution in [0.25, 0.3) is 10.2 Å². The molecule has 0 spiro atoms. The number of hydrogen-bond donors (Lipinski definition) is 3. The molecule has 4 aromatic carbocycles. The first-order valence-corrected chi connectivity index (χ1v) is 17.7. The normalized spacial score (nSPS) is 17.1. The Morgan fingerprint density at radius 1 is 0.981 bits per heavy atom. The highest BCUT2D eigenvalue weighted by molar-refractivity contribution is 7.22. The number of benzene rings is 4. The van der Waals surface area contributed by atoms with E-state index in [-0.39, 0.29) is 56.9 Å². The molecule has 5 aromatic rings. The van der Waals surface area contributed by atoms with E-state index in [1.54, 1.807) is 63.3 Å². The molecular weight excluding hydrogens is 696 g/mol. The molecule has 5 amide bonds. The van der Waals surface area contributed by atoms with Gasteiger partial charge in [-0.1, -0.05) is 71.9 Å². The average Bonchev–Trinajstić information content (AvgIpc) is 3.71. The molecule has 2 saturated heterocycles. The highest BCUT2D eigenvalue weighted by Crippen LogP contribution is 2.32. The Labute approximate surface area is 309 Å². The first-order chi connectivity index (χ1) is 25.7. The van der Waals surface area contributed by atoms with Crippen molar-refractivity contribution < 1.29 is 23.6 Å². The lowest BCUT2D eigenvalue weighted by Crippen LogP contribution is -2.66. The van der Waals surface area contributed by atoms with Crippen molar-refractivity contribution in [1.29, 1.82) is 0 Å². The number of hydrogen-bond acceptors (Lipinski definition) is 8. The topological polar surface area (TPSA) is 144 Å². The summed E-state index contributed by atoms with van der Waals surface area (Å²) in [4.78, 5) is 62.4. The Kier molecular flexibility index (Phi) is 10.0. The molecule has 0 bridgehead atoms. The van der Waals surface area contributed by atoms with Gasteiger partial charge in [0.05, 0.1) is 29.9 Å². The minimum Gasteiger partial charge on any atom is -0.375 e. The molecule has 53 heavy (non-hydrogen) atoms. The zero-order valence-electron chi connectivity index (χ0n) is 28.4. The number of rotatable bonds is 10. The van der Waals surface area contributed by atoms with Gasteiger partial charge in [-0.15, -0.1) is 6.42 Å². The Balaban J connectivity index is 1.16. The average molecular weight is 731 g/mol. The van der Waals surface area contributed by atoms with E-state index in [0.717, 1.165) is 15.8 Å². The Morgan fingerprint density at radius 2 is 1.72 bits per heavy atom. The first-order valence-electron chi connectivity index (χ1n) is 16.9. The number of fused-ring (bicyclic) bond motifs is 2. The van der Waals surface area contributed by atoms with Crippen LogP contribution in [0.3, 0.4) is 0 Å². The molecule has 3 heterocycles. The van der Waals surface area contributed by atoms with Crippen molar-refractivity contribution in [1.82, 2.24) is 30.1 Å². The van der Waals surface area contributed by atoms with Gasteiger partial charge in [0.2, 0.25) is 11.8 Å². The summed E-state index contributed by atoms with van der Waals surface area (Å²) >= 11 is 1.35. The molecule has 2 aliphatic rings. The summed E-state index contributed by atoms with van der Waals surface area (Å²) in [5, 5.41) is 9.03. The van der Waals surface area contributed by atoms with Crippen LogP contribution in [0.15, 0.2) is 97.1 Å². The number of nitrogens with two attached hydrogens (primary N) is 1. The molecule has 4 N–H and O–H groups in total. The number of carbonyl (C=O) groups is 4. The number of urea groups is 1. The van der Waals surface area contributed by atoms with Crippen LogP contribution in [-0.4, -0.2) is 80.4 Å². The molecule has 0 unspecified atom stereocenters. The van der Waals surface area contributed by atoms with Crippen molar-refractivity contribution in [3.05, 3.63) is 125 Å². The van der Waals surface area contributed by atoms with Crippen molar-refractivity contribution in [2.24, 2.45) is 0 Å². The fraction of sp³-hybridized carbons (Fsp3) is 0.205. The van der Waals surface area contributed by atoms with E-state index in [1.807, 2.05) is 36.4 Å². The van der Waals surface area contributed by atoms with E-state index in [9.17, 15) is 23.6 Å². The van der Waals surface area contributed by atoms with Crippen molar-refractivity contribution >= 4 is 56.1 Å². The third kappa shape index (κ3) is 7.52. The smallest absolute Gasteiger partial charge is 0.333 e. The van der Waals surface area contributed by atoms with Crippen LogP contribution in [0.1, 0.15) is 27.0 Å². The molecule has 0 radical (unpaired) electrons. The Hall–Kier alpha value is -6.30. The second kappa shape index (κ2) is 15.1. The fourth-order valence-corrected chi connectivity index (χ4v) is 7.51. The van der Waals surface area contributed by atoms with Gasteiger partial charge in [0.25, 0.3) is 5.91 Å². The number of halogens is 1. The maximum atomic E-state index is 14.4. The van der Waals surface area contributed by atoms with E-state index in [0.29, 0.717) is 27.5 Å². The molecule has 268 valence electrons. The summed E-state index contributed by atoms with van der Waals surface area (Å²) in [6.45, 7) is 0.0637. The number of terminal acetylenes is 1. The van der Waals surface area contributed by atoms with Gasteiger partial charge in [-0.05, 0) is 59.2 Å². The molecule has 2 fully saturated rings. The predicted molar refractivity (Wildman–Crippen MR) is 199 cm³/mol. The first kappa shape index (κ1) is 35.1. The number of nitrogens with zero attached hydrogens (tertiary/aromatic N) is 5. The van der Waals surface area contributed by atoms with Gasteiger partial charge < -0.3 is 26.2 Å².